The van der Waals surface area contributed by atoms with Gasteiger partial charge in [-0.15, -0.1) is 0 Å². The van der Waals surface area contributed by atoms with Crippen molar-refractivity contribution < 1.29 is 33.4 Å². The van der Waals surface area contributed by atoms with Crippen LogP contribution in [-0.4, -0.2) is 87.8 Å². The molecule has 13 nitrogen and oxygen atoms in total. The zero-order valence-corrected chi connectivity index (χ0v) is 35.8. The van der Waals surface area contributed by atoms with Crippen molar-refractivity contribution in [3.05, 3.63) is 134 Å². The molecule has 2 heterocycles. The number of anilines is 1. The largest absolute Gasteiger partial charge is 0.494 e. The van der Waals surface area contributed by atoms with Gasteiger partial charge in [0.05, 0.1) is 29.8 Å². The Morgan fingerprint density at radius 2 is 1.57 bits per heavy atom. The molecule has 2 aliphatic rings. The number of amides is 3. The summed E-state index contributed by atoms with van der Waals surface area (Å²) in [5.41, 5.74) is 2.00. The van der Waals surface area contributed by atoms with Crippen molar-refractivity contribution in [2.45, 2.75) is 77.2 Å². The van der Waals surface area contributed by atoms with Crippen LogP contribution in [0, 0.1) is 25.2 Å². The Kier molecular flexibility index (Phi) is 14.2. The minimum atomic E-state index is -1.77. The van der Waals surface area contributed by atoms with Gasteiger partial charge in [-0.1, -0.05) is 43.5 Å². The Morgan fingerprint density at radius 3 is 2.30 bits per heavy atom. The standard InChI is InChI=1S/C49H53FN6O7/c1-32-27-36(15-21-43(32)51-3)52-48(60)49(2,61)31-63-37-16-10-33(11-17-37)9-7-5-4-6-8-26-62-38-18-19-39-40(30-38)44(53-54-45(39)57)29-34-12-20-42(50)41(28-34)47(59)56-24-22-55(23-25-56)46(58)35-13-14-35/h10-12,15-21,27-28,30,35,61H,4-9,13-14,22-26,29,31H2,1-2H3,(H,52,60)(H,54,57)/t49-/m1/s1. The third-order valence-corrected chi connectivity index (χ3v) is 11.7. The fourth-order valence-corrected chi connectivity index (χ4v) is 7.67. The predicted molar refractivity (Wildman–Crippen MR) is 238 cm³/mol. The number of aromatic amines is 1. The lowest BCUT2D eigenvalue weighted by Crippen LogP contribution is -2.51. The van der Waals surface area contributed by atoms with E-state index in [-0.39, 0.29) is 36.0 Å². The van der Waals surface area contributed by atoms with Gasteiger partial charge in [0.25, 0.3) is 17.4 Å². The van der Waals surface area contributed by atoms with Gasteiger partial charge in [0, 0.05) is 49.6 Å². The number of nitrogens with zero attached hydrogens (tertiary/aromatic N) is 4. The van der Waals surface area contributed by atoms with Crippen LogP contribution >= 0.6 is 0 Å². The number of benzene rings is 4. The second-order valence-electron chi connectivity index (χ2n) is 16.7. The highest BCUT2D eigenvalue weighted by atomic mass is 19.1. The van der Waals surface area contributed by atoms with E-state index < -0.39 is 23.2 Å². The molecule has 3 amide bonds. The van der Waals surface area contributed by atoms with E-state index in [1.165, 1.54) is 18.6 Å². The van der Waals surface area contributed by atoms with Crippen LogP contribution in [0.3, 0.4) is 0 Å². The van der Waals surface area contributed by atoms with Crippen molar-refractivity contribution in [3.63, 3.8) is 0 Å². The van der Waals surface area contributed by atoms with Crippen LogP contribution in [0.2, 0.25) is 0 Å². The van der Waals surface area contributed by atoms with Crippen molar-refractivity contribution in [1.29, 1.82) is 0 Å². The first-order valence-corrected chi connectivity index (χ1v) is 21.6. The Balaban J connectivity index is 0.825. The molecule has 14 heteroatoms. The molecule has 1 saturated carbocycles. The first-order chi connectivity index (χ1) is 30.4. The average Bonchev–Trinajstić information content (AvgIpc) is 4.14. The molecule has 4 aromatic carbocycles. The fraction of sp³-hybridized carbons (Fsp3) is 0.388. The molecule has 0 bridgehead atoms. The van der Waals surface area contributed by atoms with Gasteiger partial charge in [0.15, 0.2) is 11.3 Å². The van der Waals surface area contributed by atoms with Crippen LogP contribution in [-0.2, 0) is 22.4 Å². The van der Waals surface area contributed by atoms with Gasteiger partial charge < -0.3 is 29.7 Å². The molecular weight excluding hydrogens is 804 g/mol. The number of aliphatic hydroxyl groups is 1. The highest BCUT2D eigenvalue weighted by molar-refractivity contribution is 5.97. The van der Waals surface area contributed by atoms with Crippen molar-refractivity contribution >= 4 is 39.9 Å². The predicted octanol–water partition coefficient (Wildman–Crippen LogP) is 7.55. The Hall–Kier alpha value is -6.59. The fourth-order valence-electron chi connectivity index (χ4n) is 7.67. The van der Waals surface area contributed by atoms with E-state index in [9.17, 15) is 24.3 Å². The molecule has 1 saturated heterocycles. The number of hydrogen-bond donors (Lipinski definition) is 3. The van der Waals surface area contributed by atoms with Crippen LogP contribution in [0.5, 0.6) is 11.5 Å². The SMILES string of the molecule is [C-]#[N+]c1ccc(NC(=O)[C@](C)(O)COc2ccc(CCCCCCCOc3ccc4c(=O)[nH]nc(Cc5ccc(F)c(C(=O)N6CCN(C(=O)C7CC7)CC6)c5)c4c3)cc2)cc1C. The van der Waals surface area contributed by atoms with Crippen LogP contribution in [0.1, 0.15) is 84.6 Å². The molecule has 5 aromatic rings. The van der Waals surface area contributed by atoms with Crippen molar-refractivity contribution in [1.82, 2.24) is 20.0 Å². The number of fused-ring (bicyclic) bond motifs is 1. The highest BCUT2D eigenvalue weighted by Gasteiger charge is 2.36. The summed E-state index contributed by atoms with van der Waals surface area (Å²) in [5, 5.41) is 21.4. The van der Waals surface area contributed by atoms with Gasteiger partial charge in [0.1, 0.15) is 23.9 Å². The summed E-state index contributed by atoms with van der Waals surface area (Å²) in [6.45, 7) is 12.2. The number of piperazine rings is 1. The van der Waals surface area contributed by atoms with Gasteiger partial charge in [-0.25, -0.2) is 14.3 Å². The van der Waals surface area contributed by atoms with Gasteiger partial charge in [-0.3, -0.25) is 19.2 Å². The van der Waals surface area contributed by atoms with Crippen molar-refractivity contribution in [3.8, 4) is 11.5 Å². The number of carbonyl (C=O) groups excluding carboxylic acids is 3. The van der Waals surface area contributed by atoms with Crippen LogP contribution in [0.15, 0.2) is 83.7 Å². The molecular formula is C49H53FN6O7. The minimum Gasteiger partial charge on any atom is -0.494 e. The molecule has 7 rings (SSSR count). The molecule has 0 unspecified atom stereocenters. The zero-order chi connectivity index (χ0) is 44.5. The molecule has 3 N–H and O–H groups in total. The number of aromatic nitrogens is 2. The molecule has 1 aliphatic heterocycles. The summed E-state index contributed by atoms with van der Waals surface area (Å²) >= 11 is 0. The average molecular weight is 857 g/mol. The third kappa shape index (κ3) is 11.5. The maximum atomic E-state index is 15.0. The molecule has 2 fully saturated rings. The summed E-state index contributed by atoms with van der Waals surface area (Å²) in [4.78, 5) is 58.1. The number of rotatable bonds is 18. The summed E-state index contributed by atoms with van der Waals surface area (Å²) in [7, 11) is 0. The van der Waals surface area contributed by atoms with Gasteiger partial charge in [-0.05, 0) is 117 Å². The first-order valence-electron chi connectivity index (χ1n) is 21.6. The minimum absolute atomic E-state index is 0.0294. The van der Waals surface area contributed by atoms with E-state index in [0.717, 1.165) is 56.9 Å². The van der Waals surface area contributed by atoms with Crippen LogP contribution in [0.4, 0.5) is 15.8 Å². The normalized spacial score (nSPS) is 14.8. The summed E-state index contributed by atoms with van der Waals surface area (Å²) in [6.07, 6.45) is 7.99. The Labute approximate surface area is 366 Å². The Morgan fingerprint density at radius 1 is 0.873 bits per heavy atom. The molecule has 0 radical (unpaired) electrons. The molecule has 1 aromatic heterocycles. The van der Waals surface area contributed by atoms with Gasteiger partial charge >= 0.3 is 0 Å². The number of unbranched alkanes of at least 4 members (excludes halogenated alkanes) is 4. The lowest BCUT2D eigenvalue weighted by Gasteiger charge is -2.35. The third-order valence-electron chi connectivity index (χ3n) is 11.7. The van der Waals surface area contributed by atoms with Crippen molar-refractivity contribution in [2.75, 3.05) is 44.7 Å². The number of hydrogen-bond acceptors (Lipinski definition) is 8. The molecule has 63 heavy (non-hydrogen) atoms. The zero-order valence-electron chi connectivity index (χ0n) is 35.8. The second-order valence-corrected chi connectivity index (χ2v) is 16.7. The van der Waals surface area contributed by atoms with E-state index in [1.807, 2.05) is 24.3 Å². The van der Waals surface area contributed by atoms with E-state index >= 15 is 4.39 Å². The van der Waals surface area contributed by atoms with E-state index in [1.54, 1.807) is 65.3 Å². The molecule has 1 atom stereocenters. The Bertz CT molecular complexity index is 2560. The maximum absolute atomic E-state index is 15.0. The van der Waals surface area contributed by atoms with Crippen LogP contribution in [0.25, 0.3) is 15.6 Å². The quantitative estimate of drug-likeness (QED) is 0.0603. The summed E-state index contributed by atoms with van der Waals surface area (Å²) in [6, 6.07) is 22.3. The van der Waals surface area contributed by atoms with E-state index in [4.69, 9.17) is 16.0 Å². The number of H-pyrrole nitrogens is 1. The second kappa shape index (κ2) is 20.1. The highest BCUT2D eigenvalue weighted by Crippen LogP contribution is 2.32. The monoisotopic (exact) mass is 856 g/mol. The summed E-state index contributed by atoms with van der Waals surface area (Å²) in [5.74, 6) is -0.190. The lowest BCUT2D eigenvalue weighted by atomic mass is 10.0. The molecule has 0 spiro atoms. The smallest absolute Gasteiger partial charge is 0.272 e. The maximum Gasteiger partial charge on any atom is 0.272 e. The van der Waals surface area contributed by atoms with E-state index in [2.05, 4.69) is 20.4 Å². The lowest BCUT2D eigenvalue weighted by molar-refractivity contribution is -0.135. The van der Waals surface area contributed by atoms with E-state index in [0.29, 0.717) is 77.7 Å². The topological polar surface area (TPSA) is 159 Å². The first kappa shape index (κ1) is 44.5. The van der Waals surface area contributed by atoms with Crippen LogP contribution < -0.4 is 20.3 Å². The number of ether oxygens (including phenoxy) is 2. The van der Waals surface area contributed by atoms with Crippen molar-refractivity contribution in [2.24, 2.45) is 5.92 Å². The molecule has 1 aliphatic carbocycles. The van der Waals surface area contributed by atoms with Gasteiger partial charge in [0.2, 0.25) is 5.91 Å². The molecule has 328 valence electrons. The number of carbonyl (C=O) groups is 3. The number of aryl methyl sites for hydroxylation is 2. The number of nitrogens with one attached hydrogen (secondary N) is 2. The van der Waals surface area contributed by atoms with Gasteiger partial charge in [-0.2, -0.15) is 5.10 Å². The summed E-state index contributed by atoms with van der Waals surface area (Å²) < 4.78 is 26.9. The number of halogens is 1.